The van der Waals surface area contributed by atoms with Crippen LogP contribution in [0.2, 0.25) is 0 Å². The van der Waals surface area contributed by atoms with E-state index in [4.69, 9.17) is 4.74 Å². The molecule has 0 aromatic rings. The molecule has 88 valence electrons. The molecule has 0 aromatic carbocycles. The minimum Gasteiger partial charge on any atom is -0.463 e. The van der Waals surface area contributed by atoms with Crippen LogP contribution >= 0.6 is 0 Å². The van der Waals surface area contributed by atoms with Crippen LogP contribution in [0.15, 0.2) is 11.6 Å². The minimum absolute atomic E-state index is 0.190. The molecule has 2 heteroatoms. The lowest BCUT2D eigenvalue weighted by Crippen LogP contribution is -2.02. The van der Waals surface area contributed by atoms with Gasteiger partial charge in [0, 0.05) is 6.08 Å². The van der Waals surface area contributed by atoms with Crippen LogP contribution in [-0.4, -0.2) is 12.6 Å². The quantitative estimate of drug-likeness (QED) is 0.347. The van der Waals surface area contributed by atoms with Gasteiger partial charge in [0.2, 0.25) is 0 Å². The summed E-state index contributed by atoms with van der Waals surface area (Å²) in [6.45, 7) is 6.72. The van der Waals surface area contributed by atoms with E-state index in [0.717, 1.165) is 18.4 Å². The second-order valence-corrected chi connectivity index (χ2v) is 3.97. The predicted molar refractivity (Wildman–Crippen MR) is 63.8 cm³/mol. The minimum atomic E-state index is -0.190. The van der Waals surface area contributed by atoms with Gasteiger partial charge in [0.25, 0.3) is 0 Å². The smallest absolute Gasteiger partial charge is 0.330 e. The Balaban J connectivity index is 3.62. The van der Waals surface area contributed by atoms with Gasteiger partial charge < -0.3 is 4.74 Å². The zero-order valence-corrected chi connectivity index (χ0v) is 10.3. The molecule has 0 radical (unpaired) electrons. The molecular weight excluding hydrogens is 188 g/mol. The number of hydrogen-bond donors (Lipinski definition) is 0. The van der Waals surface area contributed by atoms with Gasteiger partial charge in [-0.15, -0.1) is 0 Å². The summed E-state index contributed by atoms with van der Waals surface area (Å²) >= 11 is 0. The summed E-state index contributed by atoms with van der Waals surface area (Å²) in [6.07, 6.45) is 8.50. The molecule has 0 saturated carbocycles. The number of carbonyl (C=O) groups is 1. The van der Waals surface area contributed by atoms with Gasteiger partial charge in [-0.05, 0) is 26.2 Å². The van der Waals surface area contributed by atoms with E-state index in [2.05, 4.69) is 6.92 Å². The van der Waals surface area contributed by atoms with Crippen molar-refractivity contribution < 1.29 is 9.53 Å². The van der Waals surface area contributed by atoms with E-state index in [-0.39, 0.29) is 5.97 Å². The Morgan fingerprint density at radius 1 is 1.13 bits per heavy atom. The topological polar surface area (TPSA) is 26.3 Å². The van der Waals surface area contributed by atoms with Gasteiger partial charge in [-0.25, -0.2) is 4.79 Å². The molecule has 0 bridgehead atoms. The lowest BCUT2D eigenvalue weighted by molar-refractivity contribution is -0.137. The maximum absolute atomic E-state index is 11.2. The van der Waals surface area contributed by atoms with Gasteiger partial charge in [0.1, 0.15) is 0 Å². The largest absolute Gasteiger partial charge is 0.463 e. The monoisotopic (exact) mass is 212 g/mol. The van der Waals surface area contributed by atoms with Crippen LogP contribution in [-0.2, 0) is 9.53 Å². The maximum Gasteiger partial charge on any atom is 0.330 e. The Labute approximate surface area is 93.7 Å². The molecule has 15 heavy (non-hydrogen) atoms. The highest BCUT2D eigenvalue weighted by atomic mass is 16.5. The number of hydrogen-bond acceptors (Lipinski definition) is 2. The number of unbranched alkanes of at least 4 members (excludes halogenated alkanes) is 3. The second kappa shape index (κ2) is 9.75. The Morgan fingerprint density at radius 2 is 1.87 bits per heavy atom. The molecule has 0 atom stereocenters. The summed E-state index contributed by atoms with van der Waals surface area (Å²) in [5.41, 5.74) is 1.13. The molecular formula is C13H24O2. The van der Waals surface area contributed by atoms with Crippen LogP contribution in [0.1, 0.15) is 59.3 Å². The summed E-state index contributed by atoms with van der Waals surface area (Å²) in [7, 11) is 0. The van der Waals surface area contributed by atoms with E-state index in [9.17, 15) is 4.79 Å². The summed E-state index contributed by atoms with van der Waals surface area (Å²) in [5, 5.41) is 0. The molecule has 0 aliphatic heterocycles. The van der Waals surface area contributed by atoms with E-state index in [1.165, 1.54) is 25.7 Å². The summed E-state index contributed by atoms with van der Waals surface area (Å²) in [5.74, 6) is -0.190. The van der Waals surface area contributed by atoms with E-state index in [1.54, 1.807) is 6.08 Å². The van der Waals surface area contributed by atoms with Crippen LogP contribution in [0.3, 0.4) is 0 Å². The summed E-state index contributed by atoms with van der Waals surface area (Å²) < 4.78 is 4.97. The molecule has 0 rings (SSSR count). The molecule has 0 saturated heterocycles. The standard InChI is InChI=1S/C13H24O2/c1-4-6-7-8-9-12(3)11-13(14)15-10-5-2/h11H,4-10H2,1-3H3. The van der Waals surface area contributed by atoms with Crippen molar-refractivity contribution in [2.75, 3.05) is 6.61 Å². The number of ether oxygens (including phenoxy) is 1. The fourth-order valence-electron chi connectivity index (χ4n) is 1.35. The molecule has 0 aliphatic rings. The van der Waals surface area contributed by atoms with Crippen molar-refractivity contribution in [1.29, 1.82) is 0 Å². The first-order valence-electron chi connectivity index (χ1n) is 6.04. The second-order valence-electron chi connectivity index (χ2n) is 3.97. The Kier molecular flexibility index (Phi) is 9.24. The molecule has 0 spiro atoms. The van der Waals surface area contributed by atoms with Crippen molar-refractivity contribution in [2.24, 2.45) is 0 Å². The molecule has 0 aliphatic carbocycles. The number of esters is 1. The lowest BCUT2D eigenvalue weighted by Gasteiger charge is -2.02. The van der Waals surface area contributed by atoms with E-state index in [0.29, 0.717) is 6.61 Å². The molecule has 0 heterocycles. The van der Waals surface area contributed by atoms with E-state index < -0.39 is 0 Å². The van der Waals surface area contributed by atoms with Crippen molar-refractivity contribution in [3.63, 3.8) is 0 Å². The van der Waals surface area contributed by atoms with E-state index >= 15 is 0 Å². The van der Waals surface area contributed by atoms with Crippen LogP contribution in [0.4, 0.5) is 0 Å². The summed E-state index contributed by atoms with van der Waals surface area (Å²) in [4.78, 5) is 11.2. The maximum atomic E-state index is 11.2. The Hall–Kier alpha value is -0.790. The van der Waals surface area contributed by atoms with Gasteiger partial charge in [-0.1, -0.05) is 38.7 Å². The number of carbonyl (C=O) groups excluding carboxylic acids is 1. The SMILES string of the molecule is CCCCCCC(C)=CC(=O)OCCC. The number of allylic oxidation sites excluding steroid dienone is 1. The van der Waals surface area contributed by atoms with Crippen LogP contribution in [0.25, 0.3) is 0 Å². The van der Waals surface area contributed by atoms with Crippen molar-refractivity contribution in [1.82, 2.24) is 0 Å². The average molecular weight is 212 g/mol. The van der Waals surface area contributed by atoms with Crippen LogP contribution in [0, 0.1) is 0 Å². The summed E-state index contributed by atoms with van der Waals surface area (Å²) in [6, 6.07) is 0. The molecule has 0 aromatic heterocycles. The molecule has 0 amide bonds. The van der Waals surface area contributed by atoms with Gasteiger partial charge in [-0.2, -0.15) is 0 Å². The van der Waals surface area contributed by atoms with E-state index in [1.807, 2.05) is 13.8 Å². The predicted octanol–water partition coefficient (Wildman–Crippen LogP) is 3.86. The zero-order valence-electron chi connectivity index (χ0n) is 10.3. The molecule has 2 nitrogen and oxygen atoms in total. The third-order valence-corrected chi connectivity index (χ3v) is 2.24. The zero-order chi connectivity index (χ0) is 11.5. The molecule has 0 fully saturated rings. The Bertz CT molecular complexity index is 195. The third-order valence-electron chi connectivity index (χ3n) is 2.24. The Morgan fingerprint density at radius 3 is 2.47 bits per heavy atom. The fraction of sp³-hybridized carbons (Fsp3) is 0.769. The van der Waals surface area contributed by atoms with Crippen molar-refractivity contribution in [3.8, 4) is 0 Å². The lowest BCUT2D eigenvalue weighted by atomic mass is 10.1. The van der Waals surface area contributed by atoms with Crippen molar-refractivity contribution in [2.45, 2.75) is 59.3 Å². The first-order chi connectivity index (χ1) is 7.20. The number of rotatable bonds is 8. The average Bonchev–Trinajstić information content (AvgIpc) is 2.21. The normalized spacial score (nSPS) is 11.5. The van der Waals surface area contributed by atoms with Gasteiger partial charge in [0.05, 0.1) is 6.61 Å². The van der Waals surface area contributed by atoms with Crippen LogP contribution in [0.5, 0.6) is 0 Å². The fourth-order valence-corrected chi connectivity index (χ4v) is 1.35. The highest BCUT2D eigenvalue weighted by molar-refractivity contribution is 5.82. The molecule has 0 N–H and O–H groups in total. The van der Waals surface area contributed by atoms with Gasteiger partial charge in [-0.3, -0.25) is 0 Å². The van der Waals surface area contributed by atoms with Gasteiger partial charge in [0.15, 0.2) is 0 Å². The highest BCUT2D eigenvalue weighted by Crippen LogP contribution is 2.09. The highest BCUT2D eigenvalue weighted by Gasteiger charge is 1.98. The molecule has 0 unspecified atom stereocenters. The first kappa shape index (κ1) is 14.2. The van der Waals surface area contributed by atoms with Crippen molar-refractivity contribution in [3.05, 3.63) is 11.6 Å². The van der Waals surface area contributed by atoms with Crippen molar-refractivity contribution >= 4 is 5.97 Å². The first-order valence-corrected chi connectivity index (χ1v) is 6.04. The van der Waals surface area contributed by atoms with Gasteiger partial charge >= 0.3 is 5.97 Å². The third kappa shape index (κ3) is 9.51. The van der Waals surface area contributed by atoms with Crippen LogP contribution < -0.4 is 0 Å².